The SMILES string of the molecule is CCNC(c1ccc2cccnc2c1)c1ncccc1C. The molecule has 0 saturated heterocycles. The van der Waals surface area contributed by atoms with Crippen LogP contribution in [0.15, 0.2) is 54.9 Å². The van der Waals surface area contributed by atoms with Crippen LogP contribution in [0.2, 0.25) is 0 Å². The van der Waals surface area contributed by atoms with Gasteiger partial charge in [0.15, 0.2) is 0 Å². The van der Waals surface area contributed by atoms with Crippen molar-refractivity contribution in [3.8, 4) is 0 Å². The number of nitrogens with one attached hydrogen (secondary N) is 1. The number of nitrogens with zero attached hydrogens (tertiary/aromatic N) is 2. The lowest BCUT2D eigenvalue weighted by atomic mass is 9.98. The third-order valence-electron chi connectivity index (χ3n) is 3.69. The standard InChI is InChI=1S/C18H19N3/c1-3-19-18(17-13(2)6-4-11-21-17)15-9-8-14-7-5-10-20-16(14)12-15/h4-12,18-19H,3H2,1-2H3. The van der Waals surface area contributed by atoms with E-state index < -0.39 is 0 Å². The minimum Gasteiger partial charge on any atom is -0.305 e. The molecule has 3 rings (SSSR count). The third-order valence-corrected chi connectivity index (χ3v) is 3.69. The molecule has 1 unspecified atom stereocenters. The van der Waals surface area contributed by atoms with E-state index in [4.69, 9.17) is 0 Å². The second kappa shape index (κ2) is 6.02. The number of hydrogen-bond donors (Lipinski definition) is 1. The Morgan fingerprint density at radius 1 is 1.05 bits per heavy atom. The van der Waals surface area contributed by atoms with Gasteiger partial charge in [0, 0.05) is 17.8 Å². The summed E-state index contributed by atoms with van der Waals surface area (Å²) in [6, 6.07) is 14.7. The molecule has 0 aliphatic heterocycles. The molecular weight excluding hydrogens is 258 g/mol. The van der Waals surface area contributed by atoms with Crippen molar-refractivity contribution in [1.82, 2.24) is 15.3 Å². The van der Waals surface area contributed by atoms with E-state index in [2.05, 4.69) is 59.5 Å². The van der Waals surface area contributed by atoms with Gasteiger partial charge in [-0.2, -0.15) is 0 Å². The van der Waals surface area contributed by atoms with Crippen molar-refractivity contribution in [2.24, 2.45) is 0 Å². The first-order valence-electron chi connectivity index (χ1n) is 7.29. The van der Waals surface area contributed by atoms with Crippen LogP contribution < -0.4 is 5.32 Å². The summed E-state index contributed by atoms with van der Waals surface area (Å²) in [6.45, 7) is 5.11. The van der Waals surface area contributed by atoms with E-state index in [0.29, 0.717) is 0 Å². The number of rotatable bonds is 4. The predicted molar refractivity (Wildman–Crippen MR) is 86.2 cm³/mol. The number of aryl methyl sites for hydroxylation is 1. The molecule has 2 heterocycles. The Labute approximate surface area is 125 Å². The Hall–Kier alpha value is -2.26. The van der Waals surface area contributed by atoms with E-state index in [1.807, 2.05) is 24.5 Å². The van der Waals surface area contributed by atoms with Gasteiger partial charge in [0.05, 0.1) is 17.3 Å². The minimum atomic E-state index is 0.0996. The smallest absolute Gasteiger partial charge is 0.0754 e. The summed E-state index contributed by atoms with van der Waals surface area (Å²) in [7, 11) is 0. The van der Waals surface area contributed by atoms with Gasteiger partial charge in [0.25, 0.3) is 0 Å². The molecule has 0 spiro atoms. The Morgan fingerprint density at radius 2 is 1.86 bits per heavy atom. The van der Waals surface area contributed by atoms with Crippen LogP contribution in [0.1, 0.15) is 29.8 Å². The molecule has 3 heteroatoms. The molecule has 1 atom stereocenters. The summed E-state index contributed by atoms with van der Waals surface area (Å²) in [5.41, 5.74) is 4.50. The summed E-state index contributed by atoms with van der Waals surface area (Å²) >= 11 is 0. The van der Waals surface area contributed by atoms with Gasteiger partial charge in [-0.3, -0.25) is 9.97 Å². The second-order valence-electron chi connectivity index (χ2n) is 5.15. The summed E-state index contributed by atoms with van der Waals surface area (Å²) in [5.74, 6) is 0. The van der Waals surface area contributed by atoms with Crippen molar-refractivity contribution < 1.29 is 0 Å². The first-order chi connectivity index (χ1) is 10.3. The summed E-state index contributed by atoms with van der Waals surface area (Å²) < 4.78 is 0. The maximum Gasteiger partial charge on any atom is 0.0754 e. The quantitative estimate of drug-likeness (QED) is 0.791. The molecule has 0 saturated carbocycles. The summed E-state index contributed by atoms with van der Waals surface area (Å²) in [5, 5.41) is 4.69. The third kappa shape index (κ3) is 2.78. The van der Waals surface area contributed by atoms with E-state index in [9.17, 15) is 0 Å². The highest BCUT2D eigenvalue weighted by molar-refractivity contribution is 5.79. The molecule has 0 bridgehead atoms. The second-order valence-corrected chi connectivity index (χ2v) is 5.15. The van der Waals surface area contributed by atoms with Crippen molar-refractivity contribution >= 4 is 10.9 Å². The Morgan fingerprint density at radius 3 is 2.67 bits per heavy atom. The highest BCUT2D eigenvalue weighted by Gasteiger charge is 2.16. The van der Waals surface area contributed by atoms with Crippen LogP contribution in [0.25, 0.3) is 10.9 Å². The number of aromatic nitrogens is 2. The summed E-state index contributed by atoms with van der Waals surface area (Å²) in [4.78, 5) is 9.02. The highest BCUT2D eigenvalue weighted by atomic mass is 14.9. The van der Waals surface area contributed by atoms with Gasteiger partial charge in [-0.1, -0.05) is 31.2 Å². The molecule has 0 aliphatic rings. The molecule has 0 radical (unpaired) electrons. The van der Waals surface area contributed by atoms with E-state index >= 15 is 0 Å². The normalized spacial score (nSPS) is 12.5. The van der Waals surface area contributed by atoms with E-state index in [0.717, 1.165) is 23.1 Å². The van der Waals surface area contributed by atoms with Crippen LogP contribution in [-0.4, -0.2) is 16.5 Å². The van der Waals surface area contributed by atoms with Crippen molar-refractivity contribution in [3.63, 3.8) is 0 Å². The van der Waals surface area contributed by atoms with Crippen molar-refractivity contribution in [2.45, 2.75) is 19.9 Å². The Kier molecular flexibility index (Phi) is 3.93. The molecule has 3 aromatic rings. The van der Waals surface area contributed by atoms with Crippen LogP contribution in [0.3, 0.4) is 0 Å². The number of hydrogen-bond acceptors (Lipinski definition) is 3. The van der Waals surface area contributed by atoms with E-state index in [1.54, 1.807) is 0 Å². The predicted octanol–water partition coefficient (Wildman–Crippen LogP) is 3.64. The fourth-order valence-corrected chi connectivity index (χ4v) is 2.64. The molecule has 0 fully saturated rings. The van der Waals surface area contributed by atoms with Gasteiger partial charge in [0.2, 0.25) is 0 Å². The zero-order valence-corrected chi connectivity index (χ0v) is 12.4. The largest absolute Gasteiger partial charge is 0.305 e. The lowest BCUT2D eigenvalue weighted by Crippen LogP contribution is -2.23. The first-order valence-corrected chi connectivity index (χ1v) is 7.29. The van der Waals surface area contributed by atoms with Crippen LogP contribution in [0.5, 0.6) is 0 Å². The molecule has 2 aromatic heterocycles. The number of benzene rings is 1. The minimum absolute atomic E-state index is 0.0996. The molecule has 1 aromatic carbocycles. The molecule has 106 valence electrons. The maximum atomic E-state index is 4.57. The van der Waals surface area contributed by atoms with E-state index in [1.165, 1.54) is 11.1 Å². The topological polar surface area (TPSA) is 37.8 Å². The summed E-state index contributed by atoms with van der Waals surface area (Å²) in [6.07, 6.45) is 3.69. The van der Waals surface area contributed by atoms with Crippen LogP contribution in [0.4, 0.5) is 0 Å². The van der Waals surface area contributed by atoms with Gasteiger partial charge < -0.3 is 5.32 Å². The van der Waals surface area contributed by atoms with E-state index in [-0.39, 0.29) is 6.04 Å². The Bertz CT molecular complexity index is 752. The number of fused-ring (bicyclic) bond motifs is 1. The van der Waals surface area contributed by atoms with Crippen molar-refractivity contribution in [1.29, 1.82) is 0 Å². The lowest BCUT2D eigenvalue weighted by molar-refractivity contribution is 0.612. The van der Waals surface area contributed by atoms with Crippen LogP contribution in [0, 0.1) is 6.92 Å². The fraction of sp³-hybridized carbons (Fsp3) is 0.222. The van der Waals surface area contributed by atoms with Gasteiger partial charge in [-0.25, -0.2) is 0 Å². The van der Waals surface area contributed by atoms with Gasteiger partial charge in [0.1, 0.15) is 0 Å². The lowest BCUT2D eigenvalue weighted by Gasteiger charge is -2.20. The molecular formula is C18H19N3. The van der Waals surface area contributed by atoms with Gasteiger partial charge in [-0.15, -0.1) is 0 Å². The first kappa shape index (κ1) is 13.7. The zero-order valence-electron chi connectivity index (χ0n) is 12.4. The molecule has 3 nitrogen and oxygen atoms in total. The van der Waals surface area contributed by atoms with Gasteiger partial charge >= 0.3 is 0 Å². The Balaban J connectivity index is 2.09. The highest BCUT2D eigenvalue weighted by Crippen LogP contribution is 2.25. The zero-order chi connectivity index (χ0) is 14.7. The average Bonchev–Trinajstić information content (AvgIpc) is 2.53. The van der Waals surface area contributed by atoms with Crippen LogP contribution in [-0.2, 0) is 0 Å². The van der Waals surface area contributed by atoms with Crippen LogP contribution >= 0.6 is 0 Å². The number of pyridine rings is 2. The molecule has 0 aliphatic carbocycles. The molecule has 21 heavy (non-hydrogen) atoms. The van der Waals surface area contributed by atoms with Gasteiger partial charge in [-0.05, 0) is 42.8 Å². The van der Waals surface area contributed by atoms with Crippen molar-refractivity contribution in [3.05, 3.63) is 71.7 Å². The molecule has 1 N–H and O–H groups in total. The fourth-order valence-electron chi connectivity index (χ4n) is 2.64. The molecule has 0 amide bonds. The monoisotopic (exact) mass is 277 g/mol. The maximum absolute atomic E-state index is 4.57. The average molecular weight is 277 g/mol. The van der Waals surface area contributed by atoms with Crippen molar-refractivity contribution in [2.75, 3.05) is 6.54 Å².